The predicted molar refractivity (Wildman–Crippen MR) is 182 cm³/mol. The molecule has 4 rings (SSSR count). The van der Waals surface area contributed by atoms with Crippen LogP contribution in [0.4, 0.5) is 27.5 Å². The fourth-order valence-corrected chi connectivity index (χ4v) is 4.72. The molecule has 11 nitrogen and oxygen atoms in total. The van der Waals surface area contributed by atoms with E-state index in [0.29, 0.717) is 28.4 Å². The molecule has 0 spiro atoms. The van der Waals surface area contributed by atoms with Crippen molar-refractivity contribution in [2.24, 2.45) is 0 Å². The fraction of sp³-hybridized carbons (Fsp3) is 0.194. The van der Waals surface area contributed by atoms with E-state index in [0.717, 1.165) is 16.8 Å². The summed E-state index contributed by atoms with van der Waals surface area (Å²) in [4.78, 5) is 56.6. The second-order valence-electron chi connectivity index (χ2n) is 10.9. The number of likely N-dealkylation sites (N-methyl/N-ethyl adjacent to an activating group) is 2. The molecule has 0 saturated carbocycles. The Morgan fingerprint density at radius 3 is 2.09 bits per heavy atom. The third-order valence-electron chi connectivity index (χ3n) is 7.22. The number of anilines is 4. The van der Waals surface area contributed by atoms with E-state index in [4.69, 9.17) is 10.00 Å². The number of amides is 5. The Bertz CT molecular complexity index is 1780. The van der Waals surface area contributed by atoms with Crippen molar-refractivity contribution in [1.29, 1.82) is 5.26 Å². The van der Waals surface area contributed by atoms with E-state index < -0.39 is 18.5 Å². The van der Waals surface area contributed by atoms with Crippen LogP contribution in [0, 0.1) is 25.2 Å². The summed E-state index contributed by atoms with van der Waals surface area (Å²) < 4.78 is 5.82. The van der Waals surface area contributed by atoms with Gasteiger partial charge in [-0.25, -0.2) is 4.79 Å². The average molecular weight is 633 g/mol. The van der Waals surface area contributed by atoms with E-state index in [1.807, 2.05) is 44.2 Å². The topological polar surface area (TPSA) is 135 Å². The van der Waals surface area contributed by atoms with Gasteiger partial charge in [-0.2, -0.15) is 5.26 Å². The van der Waals surface area contributed by atoms with Crippen LogP contribution >= 0.6 is 0 Å². The van der Waals surface area contributed by atoms with E-state index in [2.05, 4.69) is 10.6 Å². The molecule has 0 aliphatic heterocycles. The van der Waals surface area contributed by atoms with Gasteiger partial charge in [-0.15, -0.1) is 0 Å². The highest BCUT2D eigenvalue weighted by Gasteiger charge is 2.23. The van der Waals surface area contributed by atoms with Gasteiger partial charge < -0.3 is 30.1 Å². The number of para-hydroxylation sites is 1. The van der Waals surface area contributed by atoms with Crippen LogP contribution in [0.3, 0.4) is 0 Å². The summed E-state index contributed by atoms with van der Waals surface area (Å²) in [5, 5.41) is 14.2. The van der Waals surface area contributed by atoms with Crippen LogP contribution in [-0.4, -0.2) is 57.5 Å². The number of rotatable bonds is 11. The number of hydrogen-bond acceptors (Lipinski definition) is 6. The minimum atomic E-state index is -0.662. The first-order chi connectivity index (χ1) is 22.5. The van der Waals surface area contributed by atoms with E-state index in [-0.39, 0.29) is 25.0 Å². The van der Waals surface area contributed by atoms with E-state index in [9.17, 15) is 19.2 Å². The number of carbonyl (C=O) groups is 4. The van der Waals surface area contributed by atoms with Crippen LogP contribution in [-0.2, 0) is 14.4 Å². The Kier molecular flexibility index (Phi) is 11.3. The Labute approximate surface area is 274 Å². The molecule has 240 valence electrons. The molecule has 0 unspecified atom stereocenters. The number of nitrogens with zero attached hydrogens (tertiary/aromatic N) is 4. The zero-order valence-electron chi connectivity index (χ0n) is 26.7. The van der Waals surface area contributed by atoms with Crippen molar-refractivity contribution in [3.8, 4) is 11.8 Å². The van der Waals surface area contributed by atoms with Gasteiger partial charge in [0.1, 0.15) is 12.3 Å². The van der Waals surface area contributed by atoms with Crippen molar-refractivity contribution in [2.75, 3.05) is 53.8 Å². The highest BCUT2D eigenvalue weighted by Crippen LogP contribution is 2.23. The molecule has 0 heterocycles. The van der Waals surface area contributed by atoms with Gasteiger partial charge in [-0.1, -0.05) is 36.4 Å². The molecular formula is C36H36N6O5. The maximum absolute atomic E-state index is 13.5. The Morgan fingerprint density at radius 2 is 1.38 bits per heavy atom. The number of ether oxygens (including phenoxy) is 1. The number of carbonyl (C=O) groups excluding carboxylic acids is 4. The minimum Gasteiger partial charge on any atom is -0.484 e. The number of urea groups is 1. The molecule has 0 radical (unpaired) electrons. The number of benzene rings is 4. The minimum absolute atomic E-state index is 0.259. The number of aryl methyl sites for hydroxylation is 2. The third-order valence-corrected chi connectivity index (χ3v) is 7.22. The molecule has 5 amide bonds. The van der Waals surface area contributed by atoms with Gasteiger partial charge in [0.05, 0.1) is 18.2 Å². The quantitative estimate of drug-likeness (QED) is 0.238. The number of nitrogens with one attached hydrogen (secondary N) is 2. The maximum Gasteiger partial charge on any atom is 0.319 e. The Morgan fingerprint density at radius 1 is 0.723 bits per heavy atom. The Hall–Kier alpha value is -6.15. The lowest BCUT2D eigenvalue weighted by atomic mass is 10.1. The van der Waals surface area contributed by atoms with Crippen molar-refractivity contribution < 1.29 is 23.9 Å². The molecule has 47 heavy (non-hydrogen) atoms. The molecule has 0 saturated heterocycles. The normalized spacial score (nSPS) is 10.3. The van der Waals surface area contributed by atoms with E-state index >= 15 is 0 Å². The first kappa shape index (κ1) is 33.7. The van der Waals surface area contributed by atoms with Gasteiger partial charge in [0.2, 0.25) is 11.8 Å². The smallest absolute Gasteiger partial charge is 0.319 e. The molecule has 11 heteroatoms. The van der Waals surface area contributed by atoms with E-state index in [1.165, 1.54) is 20.8 Å². The van der Waals surface area contributed by atoms with Crippen LogP contribution in [0.5, 0.6) is 5.75 Å². The second kappa shape index (κ2) is 15.7. The number of nitriles is 1. The van der Waals surface area contributed by atoms with Gasteiger partial charge >= 0.3 is 6.03 Å². The molecule has 0 aromatic heterocycles. The van der Waals surface area contributed by atoms with Crippen molar-refractivity contribution in [3.63, 3.8) is 0 Å². The number of hydrogen-bond donors (Lipinski definition) is 2. The van der Waals surface area contributed by atoms with Gasteiger partial charge in [-0.3, -0.25) is 14.4 Å². The van der Waals surface area contributed by atoms with Crippen LogP contribution in [0.1, 0.15) is 16.7 Å². The van der Waals surface area contributed by atoms with Crippen molar-refractivity contribution in [1.82, 2.24) is 5.32 Å². The van der Waals surface area contributed by atoms with Gasteiger partial charge in [0, 0.05) is 42.9 Å². The van der Waals surface area contributed by atoms with Crippen molar-refractivity contribution in [2.45, 2.75) is 13.8 Å². The third kappa shape index (κ3) is 9.42. The summed E-state index contributed by atoms with van der Waals surface area (Å²) in [6, 6.07) is 29.0. The second-order valence-corrected chi connectivity index (χ2v) is 10.9. The van der Waals surface area contributed by atoms with Crippen LogP contribution < -0.4 is 30.1 Å². The molecule has 0 aliphatic rings. The summed E-state index contributed by atoms with van der Waals surface area (Å²) in [6.07, 6.45) is 0. The SMILES string of the molecule is Cc1cc(C)cc(N(C)C(=O)COc2cccc(N(CC(=O)N(C)c3ccccc3)C(=O)CNC(=O)Nc3cccc(C#N)c3)c2)c1. The zero-order valence-corrected chi connectivity index (χ0v) is 26.7. The molecule has 2 N–H and O–H groups in total. The zero-order chi connectivity index (χ0) is 33.9. The summed E-state index contributed by atoms with van der Waals surface area (Å²) in [7, 11) is 3.29. The predicted octanol–water partition coefficient (Wildman–Crippen LogP) is 5.03. The summed E-state index contributed by atoms with van der Waals surface area (Å²) in [6.45, 7) is 2.89. The standard InChI is InChI=1S/C36H36N6O5/c1-25-16-26(2)18-31(17-25)41(4)35(45)24-47-32-15-9-14-30(20-32)42(23-34(44)40(3)29-12-6-5-7-13-29)33(43)22-38-36(46)39-28-11-8-10-27(19-28)21-37/h5-20H,22-24H2,1-4H3,(H2,38,39,46). The average Bonchev–Trinajstić information content (AvgIpc) is 3.07. The van der Waals surface area contributed by atoms with E-state index in [1.54, 1.807) is 80.8 Å². The van der Waals surface area contributed by atoms with Crippen molar-refractivity contribution in [3.05, 3.63) is 114 Å². The summed E-state index contributed by atoms with van der Waals surface area (Å²) in [5.41, 5.74) is 4.54. The summed E-state index contributed by atoms with van der Waals surface area (Å²) >= 11 is 0. The molecule has 0 bridgehead atoms. The van der Waals surface area contributed by atoms with Crippen LogP contribution in [0.25, 0.3) is 0 Å². The first-order valence-corrected chi connectivity index (χ1v) is 14.8. The van der Waals surface area contributed by atoms with Gasteiger partial charge in [0.25, 0.3) is 5.91 Å². The Balaban J connectivity index is 1.48. The van der Waals surface area contributed by atoms with Crippen LogP contribution in [0.2, 0.25) is 0 Å². The van der Waals surface area contributed by atoms with Crippen LogP contribution in [0.15, 0.2) is 97.1 Å². The fourth-order valence-electron chi connectivity index (χ4n) is 4.72. The molecular weight excluding hydrogens is 596 g/mol. The monoisotopic (exact) mass is 632 g/mol. The maximum atomic E-state index is 13.5. The molecule has 0 atom stereocenters. The largest absolute Gasteiger partial charge is 0.484 e. The molecule has 0 aliphatic carbocycles. The first-order valence-electron chi connectivity index (χ1n) is 14.8. The summed E-state index contributed by atoms with van der Waals surface area (Å²) in [5.74, 6) is -0.902. The van der Waals surface area contributed by atoms with Gasteiger partial charge in [0.15, 0.2) is 6.61 Å². The lowest BCUT2D eigenvalue weighted by molar-refractivity contribution is -0.121. The lowest BCUT2D eigenvalue weighted by Gasteiger charge is -2.26. The highest BCUT2D eigenvalue weighted by atomic mass is 16.5. The van der Waals surface area contributed by atoms with Gasteiger partial charge in [-0.05, 0) is 79.6 Å². The molecule has 4 aromatic carbocycles. The lowest BCUT2D eigenvalue weighted by Crippen LogP contribution is -2.46. The molecule has 4 aromatic rings. The van der Waals surface area contributed by atoms with Crippen molar-refractivity contribution >= 4 is 46.5 Å². The molecule has 0 fully saturated rings. The highest BCUT2D eigenvalue weighted by molar-refractivity contribution is 6.05.